The van der Waals surface area contributed by atoms with Crippen molar-refractivity contribution in [1.82, 2.24) is 4.90 Å². The maximum absolute atomic E-state index is 12.4. The largest absolute Gasteiger partial charge is 0.302 e. The Labute approximate surface area is 116 Å². The van der Waals surface area contributed by atoms with Crippen LogP contribution in [0.3, 0.4) is 0 Å². The lowest BCUT2D eigenvalue weighted by molar-refractivity contribution is 0.0828. The molecule has 0 spiro atoms. The van der Waals surface area contributed by atoms with Gasteiger partial charge in [0.05, 0.1) is 0 Å². The fraction of sp³-hybridized carbons (Fsp3) is 0.588. The summed E-state index contributed by atoms with van der Waals surface area (Å²) in [5.41, 5.74) is 0.841. The van der Waals surface area contributed by atoms with Gasteiger partial charge >= 0.3 is 0 Å². The number of carbonyl (C=O) groups excluding carboxylic acids is 1. The molecule has 0 saturated carbocycles. The van der Waals surface area contributed by atoms with Gasteiger partial charge in [-0.1, -0.05) is 51.1 Å². The minimum Gasteiger partial charge on any atom is -0.302 e. The lowest BCUT2D eigenvalue weighted by Gasteiger charge is -2.36. The molecule has 3 atom stereocenters. The van der Waals surface area contributed by atoms with Crippen molar-refractivity contribution in [3.63, 3.8) is 0 Å². The van der Waals surface area contributed by atoms with Crippen LogP contribution in [0, 0.1) is 17.8 Å². The van der Waals surface area contributed by atoms with Crippen molar-refractivity contribution in [2.75, 3.05) is 19.6 Å². The van der Waals surface area contributed by atoms with E-state index in [9.17, 15) is 4.79 Å². The highest BCUT2D eigenvalue weighted by Crippen LogP contribution is 2.22. The van der Waals surface area contributed by atoms with Crippen molar-refractivity contribution in [1.29, 1.82) is 0 Å². The monoisotopic (exact) mass is 259 g/mol. The molecule has 1 fully saturated rings. The Balaban J connectivity index is 1.93. The van der Waals surface area contributed by atoms with Crippen LogP contribution in [0.1, 0.15) is 37.6 Å². The molecule has 2 rings (SSSR count). The number of benzene rings is 1. The Hall–Kier alpha value is -1.15. The minimum absolute atomic E-state index is 0.0832. The van der Waals surface area contributed by atoms with Crippen LogP contribution in [0.15, 0.2) is 30.3 Å². The van der Waals surface area contributed by atoms with Crippen LogP contribution >= 0.6 is 0 Å². The normalized spacial score (nSPS) is 26.1. The van der Waals surface area contributed by atoms with Gasteiger partial charge in [0.15, 0.2) is 5.78 Å². The SMILES string of the molecule is CC1CC(C)CN(CC(C)C(=O)c2ccccc2)C1. The molecule has 2 nitrogen and oxygen atoms in total. The Bertz CT molecular complexity index is 405. The summed E-state index contributed by atoms with van der Waals surface area (Å²) >= 11 is 0. The van der Waals surface area contributed by atoms with E-state index < -0.39 is 0 Å². The highest BCUT2D eigenvalue weighted by atomic mass is 16.1. The zero-order chi connectivity index (χ0) is 13.8. The number of piperidine rings is 1. The summed E-state index contributed by atoms with van der Waals surface area (Å²) in [7, 11) is 0. The molecule has 0 aromatic heterocycles. The fourth-order valence-electron chi connectivity index (χ4n) is 3.30. The third-order valence-electron chi connectivity index (χ3n) is 3.98. The molecule has 3 unspecified atom stereocenters. The quantitative estimate of drug-likeness (QED) is 0.772. The first-order valence-electron chi connectivity index (χ1n) is 7.38. The maximum atomic E-state index is 12.4. The van der Waals surface area contributed by atoms with E-state index in [0.717, 1.165) is 37.0 Å². The first kappa shape index (κ1) is 14.3. The van der Waals surface area contributed by atoms with Gasteiger partial charge in [-0.05, 0) is 18.3 Å². The molecule has 0 bridgehead atoms. The number of hydrogen-bond acceptors (Lipinski definition) is 2. The molecule has 0 N–H and O–H groups in total. The summed E-state index contributed by atoms with van der Waals surface area (Å²) in [6.45, 7) is 9.84. The second-order valence-electron chi connectivity index (χ2n) is 6.30. The number of nitrogens with zero attached hydrogens (tertiary/aromatic N) is 1. The van der Waals surface area contributed by atoms with E-state index in [1.54, 1.807) is 0 Å². The average Bonchev–Trinajstić information content (AvgIpc) is 2.37. The van der Waals surface area contributed by atoms with Crippen LogP contribution in [-0.4, -0.2) is 30.3 Å². The van der Waals surface area contributed by atoms with Gasteiger partial charge in [0, 0.05) is 31.1 Å². The first-order chi connectivity index (χ1) is 9.06. The minimum atomic E-state index is 0.0832. The molecule has 19 heavy (non-hydrogen) atoms. The summed E-state index contributed by atoms with van der Waals surface area (Å²) in [4.78, 5) is 14.8. The molecule has 1 heterocycles. The van der Waals surface area contributed by atoms with E-state index in [1.165, 1.54) is 6.42 Å². The fourth-order valence-corrected chi connectivity index (χ4v) is 3.30. The summed E-state index contributed by atoms with van der Waals surface area (Å²) in [6, 6.07) is 9.66. The van der Waals surface area contributed by atoms with Crippen molar-refractivity contribution in [2.24, 2.45) is 17.8 Å². The van der Waals surface area contributed by atoms with Gasteiger partial charge in [-0.15, -0.1) is 0 Å². The molecule has 1 saturated heterocycles. The Kier molecular flexibility index (Phi) is 4.76. The van der Waals surface area contributed by atoms with E-state index in [-0.39, 0.29) is 11.7 Å². The van der Waals surface area contributed by atoms with Crippen molar-refractivity contribution in [3.05, 3.63) is 35.9 Å². The van der Waals surface area contributed by atoms with E-state index in [1.807, 2.05) is 30.3 Å². The zero-order valence-corrected chi connectivity index (χ0v) is 12.3. The van der Waals surface area contributed by atoms with Gasteiger partial charge in [0.2, 0.25) is 0 Å². The molecule has 1 aliphatic heterocycles. The highest BCUT2D eigenvalue weighted by molar-refractivity contribution is 5.97. The van der Waals surface area contributed by atoms with Gasteiger partial charge in [0.25, 0.3) is 0 Å². The van der Waals surface area contributed by atoms with Crippen LogP contribution in [0.25, 0.3) is 0 Å². The van der Waals surface area contributed by atoms with Crippen LogP contribution in [0.2, 0.25) is 0 Å². The summed E-state index contributed by atoms with van der Waals surface area (Å²) in [5, 5.41) is 0. The Morgan fingerprint density at radius 2 is 1.79 bits per heavy atom. The second kappa shape index (κ2) is 6.33. The van der Waals surface area contributed by atoms with Gasteiger partial charge in [-0.3, -0.25) is 4.79 Å². The van der Waals surface area contributed by atoms with E-state index >= 15 is 0 Å². The number of hydrogen-bond donors (Lipinski definition) is 0. The van der Waals surface area contributed by atoms with Crippen LogP contribution in [-0.2, 0) is 0 Å². The summed E-state index contributed by atoms with van der Waals surface area (Å²) < 4.78 is 0. The predicted molar refractivity (Wildman–Crippen MR) is 79.3 cm³/mol. The summed E-state index contributed by atoms with van der Waals surface area (Å²) in [6.07, 6.45) is 1.32. The van der Waals surface area contributed by atoms with Crippen molar-refractivity contribution in [2.45, 2.75) is 27.2 Å². The molecule has 104 valence electrons. The second-order valence-corrected chi connectivity index (χ2v) is 6.30. The molecule has 2 heteroatoms. The number of ketones is 1. The number of likely N-dealkylation sites (tertiary alicyclic amines) is 1. The van der Waals surface area contributed by atoms with Crippen molar-refractivity contribution < 1.29 is 4.79 Å². The van der Waals surface area contributed by atoms with Crippen molar-refractivity contribution >= 4 is 5.78 Å². The van der Waals surface area contributed by atoms with Crippen molar-refractivity contribution in [3.8, 4) is 0 Å². The average molecular weight is 259 g/mol. The number of carbonyl (C=O) groups is 1. The Morgan fingerprint density at radius 1 is 1.21 bits per heavy atom. The molecule has 0 amide bonds. The molecular formula is C17H25NO. The van der Waals surface area contributed by atoms with Crippen LogP contribution in [0.5, 0.6) is 0 Å². The van der Waals surface area contributed by atoms with Gasteiger partial charge in [0.1, 0.15) is 0 Å². The zero-order valence-electron chi connectivity index (χ0n) is 12.3. The molecule has 1 aromatic carbocycles. The lowest BCUT2D eigenvalue weighted by atomic mass is 9.90. The third-order valence-corrected chi connectivity index (χ3v) is 3.98. The lowest BCUT2D eigenvalue weighted by Crippen LogP contribution is -2.42. The number of rotatable bonds is 4. The van der Waals surface area contributed by atoms with Gasteiger partial charge in [-0.25, -0.2) is 0 Å². The number of Topliss-reactive ketones (excluding diaryl/α,β-unsaturated/α-hetero) is 1. The molecular weight excluding hydrogens is 234 g/mol. The summed E-state index contributed by atoms with van der Waals surface area (Å²) in [5.74, 6) is 1.86. The standard InChI is InChI=1S/C17H25NO/c1-13-9-14(2)11-18(10-13)12-15(3)17(19)16-7-5-4-6-8-16/h4-8,13-15H,9-12H2,1-3H3. The van der Waals surface area contributed by atoms with Gasteiger partial charge < -0.3 is 4.90 Å². The predicted octanol–water partition coefficient (Wildman–Crippen LogP) is 3.48. The van der Waals surface area contributed by atoms with Crippen LogP contribution in [0.4, 0.5) is 0 Å². The van der Waals surface area contributed by atoms with Crippen LogP contribution < -0.4 is 0 Å². The molecule has 1 aliphatic rings. The Morgan fingerprint density at radius 3 is 2.37 bits per heavy atom. The topological polar surface area (TPSA) is 20.3 Å². The smallest absolute Gasteiger partial charge is 0.166 e. The first-order valence-corrected chi connectivity index (χ1v) is 7.38. The molecule has 0 aliphatic carbocycles. The van der Waals surface area contributed by atoms with E-state index in [2.05, 4.69) is 25.7 Å². The van der Waals surface area contributed by atoms with E-state index in [0.29, 0.717) is 0 Å². The molecule has 1 aromatic rings. The highest BCUT2D eigenvalue weighted by Gasteiger charge is 2.25. The maximum Gasteiger partial charge on any atom is 0.166 e. The molecule has 0 radical (unpaired) electrons. The van der Waals surface area contributed by atoms with E-state index in [4.69, 9.17) is 0 Å². The van der Waals surface area contributed by atoms with Gasteiger partial charge in [-0.2, -0.15) is 0 Å². The third kappa shape index (κ3) is 3.90.